The zero-order valence-corrected chi connectivity index (χ0v) is 9.44. The third-order valence-corrected chi connectivity index (χ3v) is 3.20. The molecule has 2 heterocycles. The van der Waals surface area contributed by atoms with Gasteiger partial charge in [0.1, 0.15) is 0 Å². The van der Waals surface area contributed by atoms with Gasteiger partial charge >= 0.3 is 0 Å². The smallest absolute Gasteiger partial charge is 0.159 e. The highest BCUT2D eigenvalue weighted by molar-refractivity contribution is 5.38. The van der Waals surface area contributed by atoms with Crippen molar-refractivity contribution in [3.8, 4) is 0 Å². The lowest BCUT2D eigenvalue weighted by Gasteiger charge is -2.19. The highest BCUT2D eigenvalue weighted by Crippen LogP contribution is 2.24. The van der Waals surface area contributed by atoms with Crippen LogP contribution in [-0.4, -0.2) is 29.2 Å². The van der Waals surface area contributed by atoms with Crippen LogP contribution in [0, 0.1) is 5.92 Å². The third kappa shape index (κ3) is 2.31. The first-order valence-corrected chi connectivity index (χ1v) is 5.60. The predicted molar refractivity (Wildman–Crippen MR) is 59.4 cm³/mol. The van der Waals surface area contributed by atoms with E-state index in [-0.39, 0.29) is 0 Å². The van der Waals surface area contributed by atoms with Crippen molar-refractivity contribution in [1.82, 2.24) is 10.1 Å². The maximum Gasteiger partial charge on any atom is 0.159 e. The number of nitrogens with two attached hydrogens (primary N) is 1. The van der Waals surface area contributed by atoms with Gasteiger partial charge in [-0.25, -0.2) is 0 Å². The second kappa shape index (κ2) is 4.23. The molecule has 1 fully saturated rings. The number of nitrogen functional groups attached to an aromatic ring is 1. The first-order chi connectivity index (χ1) is 7.16. The zero-order valence-electron chi connectivity index (χ0n) is 9.44. The molecule has 0 aliphatic carbocycles. The molecule has 0 saturated carbocycles. The van der Waals surface area contributed by atoms with E-state index in [0.717, 1.165) is 18.7 Å². The van der Waals surface area contributed by atoms with Crippen LogP contribution in [0.3, 0.4) is 0 Å². The Morgan fingerprint density at radius 3 is 3.00 bits per heavy atom. The van der Waals surface area contributed by atoms with Crippen molar-refractivity contribution in [3.63, 3.8) is 0 Å². The number of hydrogen-bond acceptors (Lipinski definition) is 4. The summed E-state index contributed by atoms with van der Waals surface area (Å²) in [4.78, 5) is 2.50. The van der Waals surface area contributed by atoms with Crippen molar-refractivity contribution in [1.29, 1.82) is 0 Å². The quantitative estimate of drug-likeness (QED) is 0.820. The highest BCUT2D eigenvalue weighted by atomic mass is 16.5. The lowest BCUT2D eigenvalue weighted by atomic mass is 10.0. The van der Waals surface area contributed by atoms with Crippen LogP contribution in [0.25, 0.3) is 0 Å². The molecule has 2 rings (SSSR count). The van der Waals surface area contributed by atoms with E-state index in [9.17, 15) is 0 Å². The van der Waals surface area contributed by atoms with Gasteiger partial charge in [-0.2, -0.15) is 0 Å². The van der Waals surface area contributed by atoms with Gasteiger partial charge in [-0.05, 0) is 32.7 Å². The van der Waals surface area contributed by atoms with Gasteiger partial charge < -0.3 is 15.2 Å². The molecule has 1 aliphatic heterocycles. The van der Waals surface area contributed by atoms with E-state index in [1.807, 2.05) is 0 Å². The first kappa shape index (κ1) is 10.5. The SMILES string of the molecule is CC(C)N1CCC(Cc2oncc2N)C1. The summed E-state index contributed by atoms with van der Waals surface area (Å²) in [5.74, 6) is 1.52. The lowest BCUT2D eigenvalue weighted by molar-refractivity contribution is 0.261. The van der Waals surface area contributed by atoms with Crippen LogP contribution in [0.4, 0.5) is 5.69 Å². The average Bonchev–Trinajstić information content (AvgIpc) is 2.77. The van der Waals surface area contributed by atoms with E-state index in [1.165, 1.54) is 13.0 Å². The minimum Gasteiger partial charge on any atom is -0.395 e. The fraction of sp³-hybridized carbons (Fsp3) is 0.727. The van der Waals surface area contributed by atoms with Crippen LogP contribution < -0.4 is 5.73 Å². The summed E-state index contributed by atoms with van der Waals surface area (Å²) in [6.07, 6.45) is 3.75. The van der Waals surface area contributed by atoms with Crippen molar-refractivity contribution in [2.45, 2.75) is 32.7 Å². The largest absolute Gasteiger partial charge is 0.395 e. The summed E-state index contributed by atoms with van der Waals surface area (Å²) >= 11 is 0. The molecule has 2 N–H and O–H groups in total. The summed E-state index contributed by atoms with van der Waals surface area (Å²) in [7, 11) is 0. The molecule has 1 aliphatic rings. The molecule has 0 amide bonds. The van der Waals surface area contributed by atoms with Gasteiger partial charge in [0.25, 0.3) is 0 Å². The maximum atomic E-state index is 5.74. The van der Waals surface area contributed by atoms with Crippen molar-refractivity contribution in [2.75, 3.05) is 18.8 Å². The molecule has 84 valence electrons. The van der Waals surface area contributed by atoms with Crippen molar-refractivity contribution >= 4 is 5.69 Å². The normalized spacial score (nSPS) is 22.7. The average molecular weight is 209 g/mol. The molecule has 0 bridgehead atoms. The van der Waals surface area contributed by atoms with E-state index < -0.39 is 0 Å². The first-order valence-electron chi connectivity index (χ1n) is 5.60. The molecule has 1 aromatic heterocycles. The number of hydrogen-bond donors (Lipinski definition) is 1. The fourth-order valence-corrected chi connectivity index (χ4v) is 2.19. The lowest BCUT2D eigenvalue weighted by Crippen LogP contribution is -2.28. The molecule has 0 spiro atoms. The Bertz CT molecular complexity index is 321. The number of likely N-dealkylation sites (tertiary alicyclic amines) is 1. The Morgan fingerprint density at radius 1 is 1.67 bits per heavy atom. The molecule has 15 heavy (non-hydrogen) atoms. The molecule has 1 saturated heterocycles. The van der Waals surface area contributed by atoms with E-state index in [0.29, 0.717) is 17.6 Å². The molecule has 0 radical (unpaired) electrons. The summed E-state index contributed by atoms with van der Waals surface area (Å²) < 4.78 is 5.13. The van der Waals surface area contributed by atoms with E-state index in [1.54, 1.807) is 6.20 Å². The maximum absolute atomic E-state index is 5.74. The number of rotatable bonds is 3. The van der Waals surface area contributed by atoms with Crippen LogP contribution in [0.2, 0.25) is 0 Å². The number of anilines is 1. The Morgan fingerprint density at radius 2 is 2.47 bits per heavy atom. The molecule has 1 aromatic rings. The van der Waals surface area contributed by atoms with Crippen LogP contribution in [0.1, 0.15) is 26.0 Å². The Kier molecular flexibility index (Phi) is 2.95. The Balaban J connectivity index is 1.90. The third-order valence-electron chi connectivity index (χ3n) is 3.20. The van der Waals surface area contributed by atoms with Gasteiger partial charge in [0.2, 0.25) is 0 Å². The van der Waals surface area contributed by atoms with E-state index in [2.05, 4.69) is 23.9 Å². The molecule has 1 unspecified atom stereocenters. The molecule has 4 heteroatoms. The van der Waals surface area contributed by atoms with Crippen LogP contribution in [0.5, 0.6) is 0 Å². The Labute approximate surface area is 90.4 Å². The second-order valence-electron chi connectivity index (χ2n) is 4.65. The summed E-state index contributed by atoms with van der Waals surface area (Å²) in [6.45, 7) is 6.82. The minimum atomic E-state index is 0.641. The van der Waals surface area contributed by atoms with Gasteiger partial charge in [-0.1, -0.05) is 5.16 Å². The van der Waals surface area contributed by atoms with Crippen molar-refractivity contribution < 1.29 is 4.52 Å². The predicted octanol–water partition coefficient (Wildman–Crippen LogP) is 1.53. The fourth-order valence-electron chi connectivity index (χ4n) is 2.19. The van der Waals surface area contributed by atoms with Gasteiger partial charge in [-0.15, -0.1) is 0 Å². The van der Waals surface area contributed by atoms with Crippen molar-refractivity contribution in [2.24, 2.45) is 5.92 Å². The second-order valence-corrected chi connectivity index (χ2v) is 4.65. The van der Waals surface area contributed by atoms with E-state index in [4.69, 9.17) is 10.3 Å². The monoisotopic (exact) mass is 209 g/mol. The molecule has 4 nitrogen and oxygen atoms in total. The van der Waals surface area contributed by atoms with Gasteiger partial charge in [0.15, 0.2) is 5.76 Å². The van der Waals surface area contributed by atoms with E-state index >= 15 is 0 Å². The molecular formula is C11H19N3O. The zero-order chi connectivity index (χ0) is 10.8. The summed E-state index contributed by atoms with van der Waals surface area (Å²) in [5, 5.41) is 3.70. The standard InChI is InChI=1S/C11H19N3O/c1-8(2)14-4-3-9(7-14)5-11-10(12)6-13-15-11/h6,8-9H,3-5,7,12H2,1-2H3. The highest BCUT2D eigenvalue weighted by Gasteiger charge is 2.25. The topological polar surface area (TPSA) is 55.3 Å². The number of aromatic nitrogens is 1. The summed E-state index contributed by atoms with van der Waals surface area (Å²) in [5.41, 5.74) is 6.44. The minimum absolute atomic E-state index is 0.641. The summed E-state index contributed by atoms with van der Waals surface area (Å²) in [6, 6.07) is 0.641. The molecule has 1 atom stereocenters. The van der Waals surface area contributed by atoms with Gasteiger partial charge in [0, 0.05) is 19.0 Å². The Hall–Kier alpha value is -1.03. The van der Waals surface area contributed by atoms with Crippen LogP contribution >= 0.6 is 0 Å². The molecule has 0 aromatic carbocycles. The van der Waals surface area contributed by atoms with Gasteiger partial charge in [-0.3, -0.25) is 0 Å². The van der Waals surface area contributed by atoms with Crippen LogP contribution in [-0.2, 0) is 6.42 Å². The van der Waals surface area contributed by atoms with Crippen LogP contribution in [0.15, 0.2) is 10.7 Å². The van der Waals surface area contributed by atoms with Gasteiger partial charge in [0.05, 0.1) is 11.9 Å². The number of nitrogens with zero attached hydrogens (tertiary/aromatic N) is 2. The molecular weight excluding hydrogens is 190 g/mol. The van der Waals surface area contributed by atoms with Crippen molar-refractivity contribution in [3.05, 3.63) is 12.0 Å².